The van der Waals surface area contributed by atoms with Gasteiger partial charge in [0.1, 0.15) is 10.7 Å². The Morgan fingerprint density at radius 3 is 2.74 bits per heavy atom. The monoisotopic (exact) mass is 365 g/mol. The summed E-state index contributed by atoms with van der Waals surface area (Å²) < 4.78 is 25.5. The summed E-state index contributed by atoms with van der Waals surface area (Å²) in [5.74, 6) is -0.854. The summed E-state index contributed by atoms with van der Waals surface area (Å²) in [6.07, 6.45) is 1.49. The molecule has 23 heavy (non-hydrogen) atoms. The van der Waals surface area contributed by atoms with E-state index in [2.05, 4.69) is 10.3 Å². The van der Waals surface area contributed by atoms with Gasteiger partial charge in [0, 0.05) is 24.2 Å². The van der Waals surface area contributed by atoms with Crippen molar-refractivity contribution in [2.45, 2.75) is 4.90 Å². The van der Waals surface area contributed by atoms with E-state index < -0.39 is 15.9 Å². The third kappa shape index (κ3) is 2.75. The van der Waals surface area contributed by atoms with Crippen molar-refractivity contribution in [3.8, 4) is 0 Å². The van der Waals surface area contributed by atoms with E-state index in [-0.39, 0.29) is 38.0 Å². The summed E-state index contributed by atoms with van der Waals surface area (Å²) in [5.41, 5.74) is -0.333. The second kappa shape index (κ2) is 6.14. The van der Waals surface area contributed by atoms with Crippen molar-refractivity contribution in [3.63, 3.8) is 0 Å². The summed E-state index contributed by atoms with van der Waals surface area (Å²) in [7, 11) is -2.63. The van der Waals surface area contributed by atoms with Crippen LogP contribution < -0.4 is 5.32 Å². The lowest BCUT2D eigenvalue weighted by atomic mass is 10.3. The Hall–Kier alpha value is -2.17. The lowest BCUT2D eigenvalue weighted by Crippen LogP contribution is -2.36. The maximum Gasteiger partial charge on any atom is 0.278 e. The molecule has 4 radical (unpaired) electrons. The molecular formula is C13H11N3O4S2Si. The Bertz CT molecular complexity index is 878. The number of nitrogens with zero attached hydrogens (tertiary/aromatic N) is 2. The van der Waals surface area contributed by atoms with Crippen molar-refractivity contribution >= 4 is 49.8 Å². The molecule has 0 saturated carbocycles. The minimum atomic E-state index is -3.85. The molecule has 0 fully saturated rings. The highest BCUT2D eigenvalue weighted by molar-refractivity contribution is 7.89. The molecule has 0 unspecified atom stereocenters. The van der Waals surface area contributed by atoms with Crippen LogP contribution in [0, 0.1) is 0 Å². The summed E-state index contributed by atoms with van der Waals surface area (Å²) in [5, 5.41) is 14.3. The summed E-state index contributed by atoms with van der Waals surface area (Å²) in [6.45, 7) is 0. The third-order valence-electron chi connectivity index (χ3n) is 3.14. The number of aliphatic hydroxyl groups is 1. The first-order valence-corrected chi connectivity index (χ1v) is 8.47. The maximum absolute atomic E-state index is 12.4. The van der Waals surface area contributed by atoms with E-state index in [1.807, 2.05) is 0 Å². The van der Waals surface area contributed by atoms with Crippen LogP contribution in [0.3, 0.4) is 0 Å². The molecule has 118 valence electrons. The molecule has 10 heteroatoms. The predicted molar refractivity (Wildman–Crippen MR) is 87.4 cm³/mol. The van der Waals surface area contributed by atoms with E-state index in [1.54, 1.807) is 23.6 Å². The second-order valence-electron chi connectivity index (χ2n) is 4.45. The number of pyridine rings is 1. The van der Waals surface area contributed by atoms with E-state index in [4.69, 9.17) is 0 Å². The zero-order chi connectivity index (χ0) is 15.9. The lowest BCUT2D eigenvalue weighted by molar-refractivity contribution is -0.113. The Morgan fingerprint density at radius 1 is 1.35 bits per heavy atom. The molecule has 3 rings (SSSR count). The first-order chi connectivity index (χ1) is 10.4. The quantitative estimate of drug-likeness (QED) is 0.781. The number of rotatable bonds is 2. The zero-order valence-electron chi connectivity index (χ0n) is 11.8. The average molecular weight is 365 g/mol. The number of carbonyl (C=O) groups is 1. The van der Waals surface area contributed by atoms with Crippen LogP contribution in [0.15, 0.2) is 46.4 Å². The lowest BCUT2D eigenvalue weighted by Gasteiger charge is -2.26. The van der Waals surface area contributed by atoms with E-state index >= 15 is 0 Å². The topological polar surface area (TPSA) is 99.6 Å². The predicted octanol–water partition coefficient (Wildman–Crippen LogP) is 1.26. The smallest absolute Gasteiger partial charge is 0.278 e. The van der Waals surface area contributed by atoms with Gasteiger partial charge in [-0.05, 0) is 23.6 Å². The van der Waals surface area contributed by atoms with Crippen LogP contribution in [0.5, 0.6) is 0 Å². The molecule has 1 aliphatic rings. The Kier molecular flexibility index (Phi) is 4.59. The molecule has 0 aliphatic carbocycles. The number of anilines is 1. The van der Waals surface area contributed by atoms with Crippen LogP contribution in [0.4, 0.5) is 5.82 Å². The number of hydrogen-bond donors (Lipinski definition) is 2. The zero-order valence-corrected chi connectivity index (χ0v) is 14.5. The van der Waals surface area contributed by atoms with Crippen molar-refractivity contribution in [2.24, 2.45) is 0 Å². The number of fused-ring (bicyclic) bond motifs is 1. The number of sulfonamides is 1. The molecule has 1 aliphatic heterocycles. The van der Waals surface area contributed by atoms with Crippen molar-refractivity contribution in [1.82, 2.24) is 9.29 Å². The van der Waals surface area contributed by atoms with Crippen LogP contribution in [-0.4, -0.2) is 46.7 Å². The van der Waals surface area contributed by atoms with E-state index in [9.17, 15) is 18.3 Å². The van der Waals surface area contributed by atoms with Gasteiger partial charge in [-0.25, -0.2) is 13.4 Å². The summed E-state index contributed by atoms with van der Waals surface area (Å²) >= 11 is 1.06. The Labute approximate surface area is 141 Å². The largest absolute Gasteiger partial charge is 0.504 e. The molecule has 0 atom stereocenters. The number of nitrogens with one attached hydrogen (secondary N) is 1. The van der Waals surface area contributed by atoms with Gasteiger partial charge in [-0.2, -0.15) is 0 Å². The molecule has 0 bridgehead atoms. The average Bonchev–Trinajstić information content (AvgIpc) is 2.97. The highest BCUT2D eigenvalue weighted by Gasteiger charge is 2.38. The van der Waals surface area contributed by atoms with Gasteiger partial charge >= 0.3 is 0 Å². The SMILES string of the molecule is CN1C(C(=O)Nc2ccccn2)=C(O)c2sccc2S1(=O)=O.[Si]. The number of likely N-dealkylation sites (N-methyl/N-ethyl adjacent to an activating group) is 1. The number of amides is 1. The van der Waals surface area contributed by atoms with Crippen molar-refractivity contribution in [1.29, 1.82) is 0 Å². The van der Waals surface area contributed by atoms with E-state index in [0.717, 1.165) is 15.6 Å². The molecular weight excluding hydrogens is 354 g/mol. The fraction of sp³-hybridized carbons (Fsp3) is 0.0769. The number of carbonyl (C=O) groups excluding carboxylic acids is 1. The minimum absolute atomic E-state index is 0. The van der Waals surface area contributed by atoms with Crippen molar-refractivity contribution < 1.29 is 18.3 Å². The van der Waals surface area contributed by atoms with Crippen LogP contribution >= 0.6 is 11.3 Å². The van der Waals surface area contributed by atoms with E-state index in [0.29, 0.717) is 0 Å². The van der Waals surface area contributed by atoms with Crippen LogP contribution in [0.2, 0.25) is 0 Å². The molecule has 3 heterocycles. The molecule has 2 aromatic rings. The maximum atomic E-state index is 12.4. The number of aromatic nitrogens is 1. The molecule has 1 amide bonds. The summed E-state index contributed by atoms with van der Waals surface area (Å²) in [6, 6.07) is 6.32. The van der Waals surface area contributed by atoms with Gasteiger partial charge in [-0.3, -0.25) is 9.10 Å². The number of aliphatic hydroxyl groups excluding tert-OH is 1. The molecule has 0 spiro atoms. The molecule has 2 aromatic heterocycles. The van der Waals surface area contributed by atoms with Gasteiger partial charge < -0.3 is 10.4 Å². The normalized spacial score (nSPS) is 15.6. The number of hydrogen-bond acceptors (Lipinski definition) is 6. The first kappa shape index (κ1) is 17.2. The molecule has 0 aromatic carbocycles. The minimum Gasteiger partial charge on any atom is -0.504 e. The van der Waals surface area contributed by atoms with Crippen LogP contribution in [0.25, 0.3) is 5.76 Å². The van der Waals surface area contributed by atoms with Gasteiger partial charge in [0.25, 0.3) is 15.9 Å². The van der Waals surface area contributed by atoms with Gasteiger partial charge in [-0.1, -0.05) is 6.07 Å². The van der Waals surface area contributed by atoms with Crippen LogP contribution in [0.1, 0.15) is 4.88 Å². The van der Waals surface area contributed by atoms with Crippen molar-refractivity contribution in [2.75, 3.05) is 12.4 Å². The van der Waals surface area contributed by atoms with Gasteiger partial charge in [0.15, 0.2) is 11.5 Å². The highest BCUT2D eigenvalue weighted by Crippen LogP contribution is 2.38. The molecule has 2 N–H and O–H groups in total. The second-order valence-corrected chi connectivity index (χ2v) is 7.31. The molecule has 0 saturated heterocycles. The third-order valence-corrected chi connectivity index (χ3v) is 5.99. The van der Waals surface area contributed by atoms with Crippen LogP contribution in [-0.2, 0) is 14.8 Å². The first-order valence-electron chi connectivity index (χ1n) is 6.15. The van der Waals surface area contributed by atoms with Gasteiger partial charge in [0.2, 0.25) is 0 Å². The number of thiophene rings is 1. The fourth-order valence-electron chi connectivity index (χ4n) is 2.06. The Morgan fingerprint density at radius 2 is 2.09 bits per heavy atom. The van der Waals surface area contributed by atoms with Gasteiger partial charge in [-0.15, -0.1) is 11.3 Å². The van der Waals surface area contributed by atoms with Gasteiger partial charge in [0.05, 0.1) is 4.88 Å². The Balaban J connectivity index is 0.00000192. The highest BCUT2D eigenvalue weighted by atomic mass is 32.2. The fourth-order valence-corrected chi connectivity index (χ4v) is 4.62. The van der Waals surface area contributed by atoms with Crippen molar-refractivity contribution in [3.05, 3.63) is 46.4 Å². The standard InChI is InChI=1S/C13H11N3O4S2.Si/c1-16-10(13(18)15-9-4-2-3-6-14-9)11(17)12-8(5-7-21-12)22(16,19)20;/h2-7,17H,1H3,(H,14,15,18);. The van der Waals surface area contributed by atoms with E-state index in [1.165, 1.54) is 19.3 Å². The summed E-state index contributed by atoms with van der Waals surface area (Å²) in [4.78, 5) is 16.4. The molecule has 7 nitrogen and oxygen atoms in total.